The minimum atomic E-state index is -3.79. The average Bonchev–Trinajstić information content (AvgIpc) is 2.98. The predicted octanol–water partition coefficient (Wildman–Crippen LogP) is 6.00. The van der Waals surface area contributed by atoms with Crippen molar-refractivity contribution in [3.8, 4) is 5.75 Å². The zero-order valence-electron chi connectivity index (χ0n) is 24.0. The number of hydrogen-bond donors (Lipinski definition) is 1. The number of rotatable bonds is 11. The zero-order chi connectivity index (χ0) is 28.7. The molecule has 0 radical (unpaired) electrons. The molecule has 1 atom stereocenters. The molecule has 7 nitrogen and oxygen atoms in total. The molecule has 2 saturated heterocycles. The van der Waals surface area contributed by atoms with Gasteiger partial charge in [0.05, 0.1) is 33.9 Å². The molecule has 9 heteroatoms. The standard InChI is InChI=1S/C31H43N3O4S2/c1-5-6-20-38-26-9-12-28(13-10-26)40(36,37)23(2)31(29-21-27(39-4)11-14-30(29)32-3)33-18-15-24(16-19-33)34-17-7-8-25(35)22-34/h9-14,21,24-25,35H,3,5-8,15-20,22H2,1-2,4H3/b31-23-. The Hall–Kier alpha value is -2.33. The van der Waals surface area contributed by atoms with E-state index in [0.29, 0.717) is 34.7 Å². The first-order chi connectivity index (χ1) is 19.3. The maximum absolute atomic E-state index is 14.1. The summed E-state index contributed by atoms with van der Waals surface area (Å²) in [5.41, 5.74) is 2.15. The second kappa shape index (κ2) is 14.0. The molecular weight excluding hydrogens is 542 g/mol. The van der Waals surface area contributed by atoms with E-state index in [4.69, 9.17) is 4.74 Å². The van der Waals surface area contributed by atoms with Gasteiger partial charge >= 0.3 is 0 Å². The van der Waals surface area contributed by atoms with Crippen LogP contribution >= 0.6 is 11.8 Å². The fraction of sp³-hybridized carbons (Fsp3) is 0.516. The van der Waals surface area contributed by atoms with Crippen molar-refractivity contribution in [2.24, 2.45) is 4.99 Å². The van der Waals surface area contributed by atoms with E-state index in [1.165, 1.54) is 0 Å². The van der Waals surface area contributed by atoms with Crippen molar-refractivity contribution in [3.05, 3.63) is 52.9 Å². The summed E-state index contributed by atoms with van der Waals surface area (Å²) < 4.78 is 33.9. The summed E-state index contributed by atoms with van der Waals surface area (Å²) in [6.45, 7) is 11.4. The molecular formula is C31H43N3O4S2. The van der Waals surface area contributed by atoms with Crippen molar-refractivity contribution < 1.29 is 18.3 Å². The number of likely N-dealkylation sites (tertiary alicyclic amines) is 2. The number of piperidine rings is 2. The Labute approximate surface area is 244 Å². The van der Waals surface area contributed by atoms with Gasteiger partial charge in [-0.1, -0.05) is 13.3 Å². The number of ether oxygens (including phenoxy) is 1. The summed E-state index contributed by atoms with van der Waals surface area (Å²) in [7, 11) is -3.79. The van der Waals surface area contributed by atoms with Crippen LogP contribution < -0.4 is 4.74 Å². The highest BCUT2D eigenvalue weighted by atomic mass is 32.2. The predicted molar refractivity (Wildman–Crippen MR) is 165 cm³/mol. The molecule has 0 aromatic heterocycles. The number of aliphatic imine (C=N–C) groups is 1. The van der Waals surface area contributed by atoms with E-state index in [-0.39, 0.29) is 11.0 Å². The van der Waals surface area contributed by atoms with E-state index < -0.39 is 9.84 Å². The molecule has 0 bridgehead atoms. The number of aliphatic hydroxyl groups is 1. The number of aliphatic hydroxyl groups excluding tert-OH is 1. The van der Waals surface area contributed by atoms with Crippen LogP contribution in [0.15, 0.2) is 62.2 Å². The highest BCUT2D eigenvalue weighted by Crippen LogP contribution is 2.39. The molecule has 2 aromatic rings. The SMILES string of the molecule is C=Nc1ccc(SC)cc1/C(=C(\C)S(=O)(=O)c1ccc(OCCCC)cc1)N1CCC(N2CCCC(O)C2)CC1. The maximum atomic E-state index is 14.1. The summed E-state index contributed by atoms with van der Waals surface area (Å²) in [6, 6.07) is 13.1. The minimum absolute atomic E-state index is 0.247. The summed E-state index contributed by atoms with van der Waals surface area (Å²) >= 11 is 1.61. The van der Waals surface area contributed by atoms with E-state index in [2.05, 4.69) is 28.4 Å². The first-order valence-electron chi connectivity index (χ1n) is 14.3. The van der Waals surface area contributed by atoms with E-state index >= 15 is 0 Å². The van der Waals surface area contributed by atoms with Gasteiger partial charge in [0.15, 0.2) is 0 Å². The van der Waals surface area contributed by atoms with Gasteiger partial charge in [0.1, 0.15) is 5.75 Å². The fourth-order valence-corrected chi connectivity index (χ4v) is 7.46. The highest BCUT2D eigenvalue weighted by molar-refractivity contribution is 7.98. The molecule has 0 saturated carbocycles. The number of hydrogen-bond acceptors (Lipinski definition) is 8. The van der Waals surface area contributed by atoms with Gasteiger partial charge in [0.25, 0.3) is 0 Å². The lowest BCUT2D eigenvalue weighted by Gasteiger charge is -2.43. The summed E-state index contributed by atoms with van der Waals surface area (Å²) in [4.78, 5) is 10.5. The van der Waals surface area contributed by atoms with E-state index in [1.807, 2.05) is 24.5 Å². The minimum Gasteiger partial charge on any atom is -0.494 e. The molecule has 0 amide bonds. The van der Waals surface area contributed by atoms with E-state index in [9.17, 15) is 13.5 Å². The molecule has 2 fully saturated rings. The van der Waals surface area contributed by atoms with Crippen molar-refractivity contribution in [1.82, 2.24) is 9.80 Å². The Morgan fingerprint density at radius 2 is 1.85 bits per heavy atom. The van der Waals surface area contributed by atoms with Crippen molar-refractivity contribution in [3.63, 3.8) is 0 Å². The van der Waals surface area contributed by atoms with E-state index in [0.717, 1.165) is 75.2 Å². The molecule has 1 N–H and O–H groups in total. The van der Waals surface area contributed by atoms with Gasteiger partial charge in [-0.2, -0.15) is 0 Å². The molecule has 40 heavy (non-hydrogen) atoms. The number of unbranched alkanes of at least 4 members (excludes halogenated alkanes) is 1. The molecule has 218 valence electrons. The summed E-state index contributed by atoms with van der Waals surface area (Å²) in [5.74, 6) is 0.671. The molecule has 0 aliphatic carbocycles. The topological polar surface area (TPSA) is 82.4 Å². The highest BCUT2D eigenvalue weighted by Gasteiger charge is 2.32. The first kappa shape index (κ1) is 30.6. The Kier molecular flexibility index (Phi) is 10.7. The lowest BCUT2D eigenvalue weighted by Crippen LogP contribution is -2.49. The Morgan fingerprint density at radius 3 is 2.48 bits per heavy atom. The van der Waals surface area contributed by atoms with Crippen LogP contribution in [0.4, 0.5) is 5.69 Å². The number of sulfone groups is 1. The van der Waals surface area contributed by atoms with Crippen molar-refractivity contribution in [2.75, 3.05) is 39.0 Å². The molecule has 2 heterocycles. The maximum Gasteiger partial charge on any atom is 0.204 e. The van der Waals surface area contributed by atoms with E-state index in [1.54, 1.807) is 43.0 Å². The van der Waals surface area contributed by atoms with Crippen LogP contribution in [-0.4, -0.2) is 81.2 Å². The summed E-state index contributed by atoms with van der Waals surface area (Å²) in [5, 5.41) is 10.2. The van der Waals surface area contributed by atoms with Crippen LogP contribution in [0, 0.1) is 0 Å². The van der Waals surface area contributed by atoms with Crippen molar-refractivity contribution in [2.45, 2.75) is 74.3 Å². The second-order valence-electron chi connectivity index (χ2n) is 10.6. The third-order valence-electron chi connectivity index (χ3n) is 7.99. The number of benzene rings is 2. The first-order valence-corrected chi connectivity index (χ1v) is 17.0. The number of allylic oxidation sites excluding steroid dienone is 1. The average molecular weight is 586 g/mol. The monoisotopic (exact) mass is 585 g/mol. The van der Waals surface area contributed by atoms with Crippen molar-refractivity contribution in [1.29, 1.82) is 0 Å². The Balaban J connectivity index is 1.69. The van der Waals surface area contributed by atoms with Gasteiger partial charge in [-0.25, -0.2) is 8.42 Å². The van der Waals surface area contributed by atoms with Crippen LogP contribution in [-0.2, 0) is 9.84 Å². The number of β-amino-alcohol motifs (C(OH)–C–C–N with tert-alkyl or cyclic N) is 1. The van der Waals surface area contributed by atoms with Crippen LogP contribution in [0.1, 0.15) is 57.9 Å². The quantitative estimate of drug-likeness (QED) is 0.197. The molecule has 2 aromatic carbocycles. The van der Waals surface area contributed by atoms with Crippen LogP contribution in [0.25, 0.3) is 5.70 Å². The van der Waals surface area contributed by atoms with Gasteiger partial charge in [-0.3, -0.25) is 9.89 Å². The summed E-state index contributed by atoms with van der Waals surface area (Å²) in [6.07, 6.45) is 7.45. The second-order valence-corrected chi connectivity index (χ2v) is 13.6. The van der Waals surface area contributed by atoms with Gasteiger partial charge in [-0.15, -0.1) is 11.8 Å². The van der Waals surface area contributed by atoms with Gasteiger partial charge in [0, 0.05) is 36.1 Å². The fourth-order valence-electron chi connectivity index (χ4n) is 5.68. The lowest BCUT2D eigenvalue weighted by atomic mass is 9.97. The molecule has 1 unspecified atom stereocenters. The van der Waals surface area contributed by atoms with Crippen LogP contribution in [0.5, 0.6) is 5.75 Å². The molecule has 4 rings (SSSR count). The Bertz CT molecular complexity index is 1290. The smallest absolute Gasteiger partial charge is 0.204 e. The van der Waals surface area contributed by atoms with Crippen molar-refractivity contribution >= 4 is 39.7 Å². The molecule has 2 aliphatic heterocycles. The third kappa shape index (κ3) is 7.11. The lowest BCUT2D eigenvalue weighted by molar-refractivity contribution is 0.0310. The van der Waals surface area contributed by atoms with Gasteiger partial charge in [-0.05, 0) is 101 Å². The molecule has 2 aliphatic rings. The molecule has 0 spiro atoms. The van der Waals surface area contributed by atoms with Crippen LogP contribution in [0.3, 0.4) is 0 Å². The Morgan fingerprint density at radius 1 is 1.12 bits per heavy atom. The van der Waals surface area contributed by atoms with Crippen LogP contribution in [0.2, 0.25) is 0 Å². The number of nitrogens with zero attached hydrogens (tertiary/aromatic N) is 3. The number of thioether (sulfide) groups is 1. The van der Waals surface area contributed by atoms with Gasteiger partial charge in [0.2, 0.25) is 9.84 Å². The zero-order valence-corrected chi connectivity index (χ0v) is 25.6. The third-order valence-corrected chi connectivity index (χ3v) is 10.6. The largest absolute Gasteiger partial charge is 0.494 e. The normalized spacial score (nSPS) is 19.8. The van der Waals surface area contributed by atoms with Gasteiger partial charge < -0.3 is 14.7 Å².